The second kappa shape index (κ2) is 7.58. The van der Waals surface area contributed by atoms with Gasteiger partial charge in [-0.15, -0.1) is 0 Å². The molecule has 26 heavy (non-hydrogen) atoms. The van der Waals surface area contributed by atoms with E-state index >= 15 is 0 Å². The van der Waals surface area contributed by atoms with E-state index in [2.05, 4.69) is 20.1 Å². The third kappa shape index (κ3) is 3.51. The highest BCUT2D eigenvalue weighted by atomic mass is 16.2. The summed E-state index contributed by atoms with van der Waals surface area (Å²) < 4.78 is 0. The summed E-state index contributed by atoms with van der Waals surface area (Å²) in [5, 5.41) is 7.15. The Morgan fingerprint density at radius 2 is 2.12 bits per heavy atom. The molecule has 4 rings (SSSR count). The molecule has 2 aliphatic rings. The van der Waals surface area contributed by atoms with Gasteiger partial charge in [0.05, 0.1) is 5.69 Å². The average Bonchev–Trinajstić information content (AvgIpc) is 3.18. The lowest BCUT2D eigenvalue weighted by Crippen LogP contribution is -2.51. The third-order valence-electron chi connectivity index (χ3n) is 5.82. The molecule has 2 aromatic rings. The number of aromatic amines is 1. The Kier molecular flexibility index (Phi) is 5.02. The third-order valence-corrected chi connectivity index (χ3v) is 5.82. The monoisotopic (exact) mass is 353 g/mol. The number of carbonyl (C=O) groups is 1. The second-order valence-corrected chi connectivity index (χ2v) is 7.57. The summed E-state index contributed by atoms with van der Waals surface area (Å²) >= 11 is 0. The van der Waals surface area contributed by atoms with E-state index in [0.29, 0.717) is 23.3 Å². The van der Waals surface area contributed by atoms with Gasteiger partial charge in [-0.25, -0.2) is 0 Å². The van der Waals surface area contributed by atoms with Crippen molar-refractivity contribution in [2.45, 2.75) is 38.1 Å². The molecule has 0 saturated carbocycles. The predicted octanol–water partition coefficient (Wildman–Crippen LogP) is 2.81. The van der Waals surface area contributed by atoms with Crippen LogP contribution in [0.5, 0.6) is 0 Å². The van der Waals surface area contributed by atoms with Crippen molar-refractivity contribution >= 4 is 5.91 Å². The van der Waals surface area contributed by atoms with Crippen LogP contribution in [0, 0.1) is 5.92 Å². The van der Waals surface area contributed by atoms with Crippen LogP contribution in [0.3, 0.4) is 0 Å². The van der Waals surface area contributed by atoms with Crippen LogP contribution in [-0.2, 0) is 0 Å². The van der Waals surface area contributed by atoms with Crippen LogP contribution in [0.15, 0.2) is 30.5 Å². The van der Waals surface area contributed by atoms with Gasteiger partial charge in [0.1, 0.15) is 11.4 Å². The van der Waals surface area contributed by atoms with Gasteiger partial charge in [0, 0.05) is 25.8 Å². The molecular weight excluding hydrogens is 326 g/mol. The number of amides is 1. The van der Waals surface area contributed by atoms with Crippen LogP contribution >= 0.6 is 0 Å². The van der Waals surface area contributed by atoms with Crippen LogP contribution in [-0.4, -0.2) is 63.6 Å². The predicted molar refractivity (Wildman–Crippen MR) is 101 cm³/mol. The molecule has 2 fully saturated rings. The topological polar surface area (TPSA) is 65.1 Å². The number of carbonyl (C=O) groups excluding carboxylic acids is 1. The van der Waals surface area contributed by atoms with E-state index in [1.165, 1.54) is 45.2 Å². The maximum absolute atomic E-state index is 12.8. The number of pyridine rings is 1. The van der Waals surface area contributed by atoms with Gasteiger partial charge in [0.25, 0.3) is 5.91 Å². The van der Waals surface area contributed by atoms with Crippen LogP contribution in [0.1, 0.15) is 42.6 Å². The lowest BCUT2D eigenvalue weighted by molar-refractivity contribution is 0.0401. The fourth-order valence-electron chi connectivity index (χ4n) is 4.51. The number of piperidine rings is 2. The first kappa shape index (κ1) is 17.2. The van der Waals surface area contributed by atoms with Gasteiger partial charge in [-0.05, 0) is 62.9 Å². The van der Waals surface area contributed by atoms with Gasteiger partial charge in [-0.2, -0.15) is 5.10 Å². The number of hydrogen-bond acceptors (Lipinski definition) is 4. The largest absolute Gasteiger partial charge is 0.340 e. The van der Waals surface area contributed by atoms with Crippen molar-refractivity contribution in [2.75, 3.05) is 26.7 Å². The highest BCUT2D eigenvalue weighted by Crippen LogP contribution is 2.31. The van der Waals surface area contributed by atoms with E-state index in [1.807, 2.05) is 30.1 Å². The lowest BCUT2D eigenvalue weighted by atomic mass is 9.83. The molecule has 0 bridgehead atoms. The first-order chi connectivity index (χ1) is 12.7. The van der Waals surface area contributed by atoms with Gasteiger partial charge in [0.15, 0.2) is 0 Å². The highest BCUT2D eigenvalue weighted by Gasteiger charge is 2.34. The van der Waals surface area contributed by atoms with E-state index in [-0.39, 0.29) is 5.91 Å². The fraction of sp³-hybridized carbons (Fsp3) is 0.550. The quantitative estimate of drug-likeness (QED) is 0.918. The summed E-state index contributed by atoms with van der Waals surface area (Å²) in [4.78, 5) is 21.6. The minimum Gasteiger partial charge on any atom is -0.340 e. The lowest BCUT2D eigenvalue weighted by Gasteiger charge is -2.45. The number of nitrogens with one attached hydrogen (secondary N) is 1. The van der Waals surface area contributed by atoms with Crippen LogP contribution < -0.4 is 0 Å². The van der Waals surface area contributed by atoms with E-state index in [9.17, 15) is 4.79 Å². The molecule has 1 N–H and O–H groups in total. The summed E-state index contributed by atoms with van der Waals surface area (Å²) in [7, 11) is 1.91. The molecule has 0 aliphatic carbocycles. The summed E-state index contributed by atoms with van der Waals surface area (Å²) in [6.45, 7) is 3.28. The molecule has 6 heteroatoms. The number of rotatable bonds is 4. The molecule has 6 nitrogen and oxygen atoms in total. The van der Waals surface area contributed by atoms with Crippen molar-refractivity contribution in [3.05, 3.63) is 36.2 Å². The molecule has 1 amide bonds. The number of fused-ring (bicyclic) bond motifs is 1. The maximum Gasteiger partial charge on any atom is 0.271 e. The molecule has 2 saturated heterocycles. The van der Waals surface area contributed by atoms with Gasteiger partial charge in [0.2, 0.25) is 0 Å². The molecule has 0 radical (unpaired) electrons. The molecular formula is C20H27N5O. The average molecular weight is 353 g/mol. The normalized spacial score (nSPS) is 23.4. The summed E-state index contributed by atoms with van der Waals surface area (Å²) in [6, 6.07) is 8.14. The first-order valence-electron chi connectivity index (χ1n) is 9.68. The summed E-state index contributed by atoms with van der Waals surface area (Å²) in [6.07, 6.45) is 8.13. The number of aromatic nitrogens is 3. The zero-order chi connectivity index (χ0) is 17.9. The molecule has 2 atom stereocenters. The summed E-state index contributed by atoms with van der Waals surface area (Å²) in [5.41, 5.74) is 2.01. The van der Waals surface area contributed by atoms with Crippen molar-refractivity contribution in [2.24, 2.45) is 5.92 Å². The Morgan fingerprint density at radius 3 is 2.96 bits per heavy atom. The van der Waals surface area contributed by atoms with Crippen molar-refractivity contribution in [1.82, 2.24) is 25.0 Å². The zero-order valence-electron chi connectivity index (χ0n) is 15.4. The highest BCUT2D eigenvalue weighted by molar-refractivity contribution is 5.93. The molecule has 138 valence electrons. The maximum atomic E-state index is 12.8. The molecule has 2 aliphatic heterocycles. The smallest absolute Gasteiger partial charge is 0.271 e. The Morgan fingerprint density at radius 1 is 1.23 bits per heavy atom. The minimum atomic E-state index is 0.00705. The Hall–Kier alpha value is -2.21. The van der Waals surface area contributed by atoms with Gasteiger partial charge < -0.3 is 9.80 Å². The Balaban J connectivity index is 1.42. The van der Waals surface area contributed by atoms with Crippen LogP contribution in [0.2, 0.25) is 0 Å². The van der Waals surface area contributed by atoms with Gasteiger partial charge in [-0.3, -0.25) is 14.9 Å². The minimum absolute atomic E-state index is 0.00705. The van der Waals surface area contributed by atoms with Crippen molar-refractivity contribution in [1.29, 1.82) is 0 Å². The van der Waals surface area contributed by atoms with Crippen LogP contribution in [0.25, 0.3) is 11.4 Å². The summed E-state index contributed by atoms with van der Waals surface area (Å²) in [5.74, 6) is 0.587. The van der Waals surface area contributed by atoms with Gasteiger partial charge in [-0.1, -0.05) is 12.5 Å². The SMILES string of the molecule is CN(CC1CCCN2CCCCC12)C(=O)c1cc(-c2ccccn2)n[nH]1. The Labute approximate surface area is 154 Å². The molecule has 2 unspecified atom stereocenters. The van der Waals surface area contributed by atoms with Crippen molar-refractivity contribution in [3.63, 3.8) is 0 Å². The molecule has 4 heterocycles. The van der Waals surface area contributed by atoms with E-state index in [4.69, 9.17) is 0 Å². The number of hydrogen-bond donors (Lipinski definition) is 1. The van der Waals surface area contributed by atoms with Crippen LogP contribution in [0.4, 0.5) is 0 Å². The fourth-order valence-corrected chi connectivity index (χ4v) is 4.51. The standard InChI is InChI=1S/C20H27N5O/c1-24(14-15-7-6-12-25-11-5-3-9-19(15)25)20(26)18-13-17(22-23-18)16-8-2-4-10-21-16/h2,4,8,10,13,15,19H,3,5-7,9,11-12,14H2,1H3,(H,22,23). The first-order valence-corrected chi connectivity index (χ1v) is 9.68. The molecule has 0 aromatic carbocycles. The van der Waals surface area contributed by atoms with Crippen molar-refractivity contribution in [3.8, 4) is 11.4 Å². The van der Waals surface area contributed by atoms with E-state index in [0.717, 1.165) is 12.2 Å². The van der Waals surface area contributed by atoms with Crippen molar-refractivity contribution < 1.29 is 4.79 Å². The molecule has 2 aromatic heterocycles. The Bertz CT molecular complexity index is 742. The second-order valence-electron chi connectivity index (χ2n) is 7.57. The van der Waals surface area contributed by atoms with E-state index < -0.39 is 0 Å². The van der Waals surface area contributed by atoms with E-state index in [1.54, 1.807) is 12.3 Å². The number of H-pyrrole nitrogens is 1. The number of nitrogens with zero attached hydrogens (tertiary/aromatic N) is 4. The van der Waals surface area contributed by atoms with Gasteiger partial charge >= 0.3 is 0 Å². The molecule has 0 spiro atoms. The zero-order valence-corrected chi connectivity index (χ0v) is 15.4.